The van der Waals surface area contributed by atoms with E-state index in [9.17, 15) is 8.42 Å². The first-order valence-electron chi connectivity index (χ1n) is 6.95. The van der Waals surface area contributed by atoms with E-state index in [2.05, 4.69) is 4.98 Å². The second kappa shape index (κ2) is 6.24. The van der Waals surface area contributed by atoms with Crippen molar-refractivity contribution in [2.24, 2.45) is 5.73 Å². The summed E-state index contributed by atoms with van der Waals surface area (Å²) >= 11 is 0. The van der Waals surface area contributed by atoms with Crippen molar-refractivity contribution < 1.29 is 8.42 Å². The van der Waals surface area contributed by atoms with E-state index < -0.39 is 15.6 Å². The first kappa shape index (κ1) is 17.1. The number of hydrogen-bond donors (Lipinski definition) is 1. The Kier molecular flexibility index (Phi) is 5.34. The van der Waals surface area contributed by atoms with E-state index in [-0.39, 0.29) is 11.6 Å². The quantitative estimate of drug-likeness (QED) is 0.824. The molecule has 1 aromatic rings. The summed E-state index contributed by atoms with van der Waals surface area (Å²) < 4.78 is 28.5. The molecule has 1 aromatic heterocycles. The highest BCUT2D eigenvalue weighted by atomic mass is 32.2. The Morgan fingerprint density at radius 1 is 1.45 bits per heavy atom. The van der Waals surface area contributed by atoms with Crippen LogP contribution in [0.1, 0.15) is 39.4 Å². The Bertz CT molecular complexity index is 547. The molecule has 0 bridgehead atoms. The minimum absolute atomic E-state index is 0.0964. The molecule has 0 aliphatic rings. The van der Waals surface area contributed by atoms with Gasteiger partial charge in [0.2, 0.25) is 0 Å². The summed E-state index contributed by atoms with van der Waals surface area (Å²) in [5.41, 5.74) is 5.15. The predicted octanol–water partition coefficient (Wildman–Crippen LogP) is 1.35. The van der Waals surface area contributed by atoms with Gasteiger partial charge in [-0.25, -0.2) is 13.4 Å². The molecule has 0 amide bonds. The Morgan fingerprint density at radius 3 is 2.50 bits per heavy atom. The molecular formula is C13H26N4O2S. The molecule has 20 heavy (non-hydrogen) atoms. The van der Waals surface area contributed by atoms with Crippen LogP contribution in [0.5, 0.6) is 0 Å². The number of likely N-dealkylation sites (N-methyl/N-ethyl adjacent to an activating group) is 1. The van der Waals surface area contributed by atoms with Crippen LogP contribution < -0.4 is 5.73 Å². The lowest BCUT2D eigenvalue weighted by Gasteiger charge is -2.35. The Balaban J connectivity index is 3.20. The molecule has 0 aliphatic carbocycles. The fourth-order valence-corrected chi connectivity index (χ4v) is 3.57. The van der Waals surface area contributed by atoms with Gasteiger partial charge in [0.1, 0.15) is 5.82 Å². The lowest BCUT2D eigenvalue weighted by Crippen LogP contribution is -2.51. The lowest BCUT2D eigenvalue weighted by atomic mass is 10.00. The van der Waals surface area contributed by atoms with Crippen molar-refractivity contribution in [1.82, 2.24) is 13.9 Å². The highest BCUT2D eigenvalue weighted by Crippen LogP contribution is 2.24. The zero-order valence-corrected chi connectivity index (χ0v) is 13.9. The summed E-state index contributed by atoms with van der Waals surface area (Å²) in [5, 5.41) is 0.0964. The van der Waals surface area contributed by atoms with Crippen molar-refractivity contribution in [3.63, 3.8) is 0 Å². The summed E-state index contributed by atoms with van der Waals surface area (Å²) in [4.78, 5) is 4.20. The minimum Gasteiger partial charge on any atom is -0.334 e. The zero-order valence-electron chi connectivity index (χ0n) is 13.0. The standard InChI is InChI=1S/C13H26N4O2S/c1-6-8-17-9-12(15-11(17)3)20(18,19)16(5)13(4,7-2)10-14/h9H,6-8,10,14H2,1-5H3. The molecule has 0 saturated carbocycles. The molecule has 0 fully saturated rings. The smallest absolute Gasteiger partial charge is 0.262 e. The number of nitrogens with zero attached hydrogens (tertiary/aromatic N) is 3. The van der Waals surface area contributed by atoms with E-state index in [0.717, 1.165) is 13.0 Å². The number of aryl methyl sites for hydroxylation is 2. The first-order chi connectivity index (χ1) is 9.22. The van der Waals surface area contributed by atoms with Crippen LogP contribution >= 0.6 is 0 Å². The lowest BCUT2D eigenvalue weighted by molar-refractivity contribution is 0.239. The van der Waals surface area contributed by atoms with Crippen LogP contribution in [0.2, 0.25) is 0 Å². The Hall–Kier alpha value is -0.920. The number of nitrogens with two attached hydrogens (primary N) is 1. The average Bonchev–Trinajstić information content (AvgIpc) is 2.79. The van der Waals surface area contributed by atoms with Crippen molar-refractivity contribution in [2.45, 2.75) is 57.6 Å². The van der Waals surface area contributed by atoms with Gasteiger partial charge in [0.15, 0.2) is 5.03 Å². The highest BCUT2D eigenvalue weighted by Gasteiger charge is 2.36. The highest BCUT2D eigenvalue weighted by molar-refractivity contribution is 7.89. The molecule has 2 N–H and O–H groups in total. The maximum absolute atomic E-state index is 12.7. The molecule has 1 rings (SSSR count). The van der Waals surface area contributed by atoms with Gasteiger partial charge in [0, 0.05) is 31.9 Å². The van der Waals surface area contributed by atoms with Crippen LogP contribution in [0.25, 0.3) is 0 Å². The van der Waals surface area contributed by atoms with Crippen molar-refractivity contribution in [3.05, 3.63) is 12.0 Å². The summed E-state index contributed by atoms with van der Waals surface area (Å²) in [5.74, 6) is 0.713. The van der Waals surface area contributed by atoms with Gasteiger partial charge < -0.3 is 10.3 Å². The summed E-state index contributed by atoms with van der Waals surface area (Å²) in [6.07, 6.45) is 3.19. The van der Waals surface area contributed by atoms with Gasteiger partial charge in [-0.2, -0.15) is 4.31 Å². The molecule has 0 aromatic carbocycles. The van der Waals surface area contributed by atoms with Crippen molar-refractivity contribution in [3.8, 4) is 0 Å². The van der Waals surface area contributed by atoms with Crippen LogP contribution in [0, 0.1) is 6.92 Å². The van der Waals surface area contributed by atoms with Gasteiger partial charge >= 0.3 is 0 Å². The van der Waals surface area contributed by atoms with E-state index in [1.165, 1.54) is 4.31 Å². The fraction of sp³-hybridized carbons (Fsp3) is 0.769. The molecular weight excluding hydrogens is 276 g/mol. The average molecular weight is 302 g/mol. The van der Waals surface area contributed by atoms with E-state index >= 15 is 0 Å². The second-order valence-electron chi connectivity index (χ2n) is 5.35. The molecule has 6 nitrogen and oxygen atoms in total. The van der Waals surface area contributed by atoms with E-state index in [1.807, 2.05) is 32.3 Å². The molecule has 1 heterocycles. The van der Waals surface area contributed by atoms with Crippen molar-refractivity contribution in [2.75, 3.05) is 13.6 Å². The van der Waals surface area contributed by atoms with Gasteiger partial charge in [0.05, 0.1) is 0 Å². The van der Waals surface area contributed by atoms with Gasteiger partial charge in [-0.15, -0.1) is 0 Å². The normalized spacial score (nSPS) is 15.6. The van der Waals surface area contributed by atoms with Crippen LogP contribution in [0.4, 0.5) is 0 Å². The summed E-state index contributed by atoms with van der Waals surface area (Å²) in [7, 11) is -2.05. The Morgan fingerprint density at radius 2 is 2.05 bits per heavy atom. The largest absolute Gasteiger partial charge is 0.334 e. The number of rotatable bonds is 7. The number of imidazole rings is 1. The molecule has 1 atom stereocenters. The van der Waals surface area contributed by atoms with Crippen molar-refractivity contribution >= 4 is 10.0 Å². The number of sulfonamides is 1. The van der Waals surface area contributed by atoms with Crippen LogP contribution in [0.3, 0.4) is 0 Å². The summed E-state index contributed by atoms with van der Waals surface area (Å²) in [6, 6.07) is 0. The monoisotopic (exact) mass is 302 g/mol. The maximum Gasteiger partial charge on any atom is 0.262 e. The van der Waals surface area contributed by atoms with Gasteiger partial charge in [-0.3, -0.25) is 0 Å². The molecule has 0 saturated heterocycles. The van der Waals surface area contributed by atoms with E-state index in [1.54, 1.807) is 13.2 Å². The Labute approximate surface area is 122 Å². The van der Waals surface area contributed by atoms with Gasteiger partial charge in [0.25, 0.3) is 10.0 Å². The molecule has 0 radical (unpaired) electrons. The predicted molar refractivity (Wildman–Crippen MR) is 80.0 cm³/mol. The number of hydrogen-bond acceptors (Lipinski definition) is 4. The molecule has 7 heteroatoms. The first-order valence-corrected chi connectivity index (χ1v) is 8.39. The SMILES string of the molecule is CCCn1cc(S(=O)(=O)N(C)C(C)(CC)CN)nc1C. The molecule has 0 spiro atoms. The second-order valence-corrected chi connectivity index (χ2v) is 7.26. The molecule has 0 aliphatic heterocycles. The van der Waals surface area contributed by atoms with Gasteiger partial charge in [-0.05, 0) is 26.7 Å². The molecule has 116 valence electrons. The minimum atomic E-state index is -3.62. The fourth-order valence-electron chi connectivity index (χ4n) is 2.00. The van der Waals surface area contributed by atoms with Crippen LogP contribution in [0.15, 0.2) is 11.2 Å². The van der Waals surface area contributed by atoms with Gasteiger partial charge in [-0.1, -0.05) is 13.8 Å². The third-order valence-electron chi connectivity index (χ3n) is 4.00. The van der Waals surface area contributed by atoms with E-state index in [4.69, 9.17) is 5.73 Å². The van der Waals surface area contributed by atoms with Crippen molar-refractivity contribution in [1.29, 1.82) is 0 Å². The summed E-state index contributed by atoms with van der Waals surface area (Å²) in [6.45, 7) is 8.67. The van der Waals surface area contributed by atoms with Crippen LogP contribution in [-0.2, 0) is 16.6 Å². The van der Waals surface area contributed by atoms with E-state index in [0.29, 0.717) is 12.2 Å². The number of aromatic nitrogens is 2. The van der Waals surface area contributed by atoms with Crippen LogP contribution in [-0.4, -0.2) is 41.4 Å². The zero-order chi connectivity index (χ0) is 15.6. The maximum atomic E-state index is 12.7. The third kappa shape index (κ3) is 3.05. The third-order valence-corrected chi connectivity index (χ3v) is 5.89. The molecule has 1 unspecified atom stereocenters. The topological polar surface area (TPSA) is 81.2 Å².